The second kappa shape index (κ2) is 7.57. The molecule has 2 amide bonds. The molecule has 5 rings (SSSR count). The molecule has 0 radical (unpaired) electrons. The molecule has 6 heteroatoms. The van der Waals surface area contributed by atoms with Crippen LogP contribution in [0.15, 0.2) is 77.2 Å². The smallest absolute Gasteiger partial charge is 0.405 e. The number of carbonyl (C=O) groups excluding carboxylic acids is 1. The molecule has 0 unspecified atom stereocenters. The number of rotatable bonds is 5. The van der Waals surface area contributed by atoms with Crippen molar-refractivity contribution < 1.29 is 19.1 Å². The van der Waals surface area contributed by atoms with Gasteiger partial charge in [0.1, 0.15) is 11.3 Å². The Balaban J connectivity index is 1.66. The lowest BCUT2D eigenvalue weighted by molar-refractivity contribution is 0.100. The highest BCUT2D eigenvalue weighted by atomic mass is 16.4. The molecule has 0 saturated heterocycles. The van der Waals surface area contributed by atoms with E-state index in [9.17, 15) is 14.7 Å². The van der Waals surface area contributed by atoms with E-state index >= 15 is 0 Å². The summed E-state index contributed by atoms with van der Waals surface area (Å²) in [5, 5.41) is 12.8. The third-order valence-corrected chi connectivity index (χ3v) is 6.30. The molecule has 0 aliphatic heterocycles. The fourth-order valence-electron chi connectivity index (χ4n) is 4.57. The Morgan fingerprint density at radius 1 is 0.906 bits per heavy atom. The number of nitrogens with one attached hydrogen (secondary N) is 1. The van der Waals surface area contributed by atoms with Crippen LogP contribution in [-0.2, 0) is 5.54 Å². The zero-order valence-electron chi connectivity index (χ0n) is 17.3. The Bertz CT molecular complexity index is 1320. The minimum atomic E-state index is -1.02. The lowest BCUT2D eigenvalue weighted by Gasteiger charge is -2.42. The normalized spacial score (nSPS) is 14.6. The Kier molecular flexibility index (Phi) is 4.70. The average molecular weight is 426 g/mol. The SMILES string of the molecule is NC(=O)c1cccc2c(-c3ccccc3)c(-c3ccc(C4(NC(=O)O)CCC4)cc3)oc12. The van der Waals surface area contributed by atoms with Crippen molar-refractivity contribution in [2.45, 2.75) is 24.8 Å². The number of nitrogens with two attached hydrogens (primary N) is 1. The summed E-state index contributed by atoms with van der Waals surface area (Å²) >= 11 is 0. The number of hydrogen-bond acceptors (Lipinski definition) is 3. The Morgan fingerprint density at radius 2 is 1.62 bits per heavy atom. The predicted octanol–water partition coefficient (Wildman–Crippen LogP) is 5.51. The molecule has 0 spiro atoms. The first-order valence-electron chi connectivity index (χ1n) is 10.5. The van der Waals surface area contributed by atoms with E-state index in [0.29, 0.717) is 16.9 Å². The lowest BCUT2D eigenvalue weighted by atomic mass is 9.72. The predicted molar refractivity (Wildman–Crippen MR) is 122 cm³/mol. The van der Waals surface area contributed by atoms with Crippen LogP contribution in [0.3, 0.4) is 0 Å². The van der Waals surface area contributed by atoms with Crippen LogP contribution >= 0.6 is 0 Å². The minimum Gasteiger partial charge on any atom is -0.465 e. The van der Waals surface area contributed by atoms with Gasteiger partial charge in [0.15, 0.2) is 0 Å². The van der Waals surface area contributed by atoms with Crippen molar-refractivity contribution in [2.24, 2.45) is 5.73 Å². The summed E-state index contributed by atoms with van der Waals surface area (Å²) < 4.78 is 6.25. The van der Waals surface area contributed by atoms with Crippen LogP contribution in [0.2, 0.25) is 0 Å². The molecule has 1 aliphatic carbocycles. The average Bonchev–Trinajstić information content (AvgIpc) is 3.16. The van der Waals surface area contributed by atoms with Gasteiger partial charge in [0.05, 0.1) is 11.1 Å². The van der Waals surface area contributed by atoms with Crippen LogP contribution in [0.4, 0.5) is 4.79 Å². The van der Waals surface area contributed by atoms with Crippen LogP contribution in [0.25, 0.3) is 33.4 Å². The van der Waals surface area contributed by atoms with E-state index in [1.54, 1.807) is 12.1 Å². The maximum Gasteiger partial charge on any atom is 0.405 e. The van der Waals surface area contributed by atoms with E-state index in [4.69, 9.17) is 10.2 Å². The van der Waals surface area contributed by atoms with Crippen LogP contribution in [0.1, 0.15) is 35.2 Å². The lowest BCUT2D eigenvalue weighted by Crippen LogP contribution is -2.50. The fraction of sp³-hybridized carbons (Fsp3) is 0.154. The zero-order valence-corrected chi connectivity index (χ0v) is 17.3. The monoisotopic (exact) mass is 426 g/mol. The first-order chi connectivity index (χ1) is 15.5. The first kappa shape index (κ1) is 19.9. The van der Waals surface area contributed by atoms with E-state index in [0.717, 1.165) is 46.9 Å². The van der Waals surface area contributed by atoms with Crippen molar-refractivity contribution in [1.82, 2.24) is 5.32 Å². The number of furan rings is 1. The van der Waals surface area contributed by atoms with Crippen LogP contribution in [0.5, 0.6) is 0 Å². The van der Waals surface area contributed by atoms with E-state index in [1.165, 1.54) is 0 Å². The number of para-hydroxylation sites is 1. The van der Waals surface area contributed by atoms with Crippen molar-refractivity contribution in [3.63, 3.8) is 0 Å². The van der Waals surface area contributed by atoms with E-state index in [-0.39, 0.29) is 0 Å². The highest BCUT2D eigenvalue weighted by Crippen LogP contribution is 2.44. The molecule has 1 aromatic heterocycles. The van der Waals surface area contributed by atoms with Gasteiger partial charge in [-0.25, -0.2) is 4.79 Å². The molecule has 1 saturated carbocycles. The van der Waals surface area contributed by atoms with Gasteiger partial charge in [0.2, 0.25) is 0 Å². The second-order valence-electron chi connectivity index (χ2n) is 8.16. The van der Waals surface area contributed by atoms with Crippen LogP contribution < -0.4 is 11.1 Å². The van der Waals surface area contributed by atoms with Crippen LogP contribution in [0, 0.1) is 0 Å². The molecule has 1 fully saturated rings. The number of carbonyl (C=O) groups is 2. The summed E-state index contributed by atoms with van der Waals surface area (Å²) in [6.45, 7) is 0. The molecule has 3 aromatic carbocycles. The van der Waals surface area contributed by atoms with Gasteiger partial charge in [-0.15, -0.1) is 0 Å². The van der Waals surface area contributed by atoms with Gasteiger partial charge in [-0.2, -0.15) is 0 Å². The summed E-state index contributed by atoms with van der Waals surface area (Å²) in [7, 11) is 0. The van der Waals surface area contributed by atoms with Gasteiger partial charge in [0, 0.05) is 16.5 Å². The maximum absolute atomic E-state index is 12.0. The van der Waals surface area contributed by atoms with Gasteiger partial charge in [-0.05, 0) is 36.5 Å². The topological polar surface area (TPSA) is 106 Å². The zero-order chi connectivity index (χ0) is 22.3. The molecule has 6 nitrogen and oxygen atoms in total. The number of primary amides is 1. The van der Waals surface area contributed by atoms with E-state index < -0.39 is 17.5 Å². The molecule has 0 atom stereocenters. The molecule has 160 valence electrons. The number of fused-ring (bicyclic) bond motifs is 1. The van der Waals surface area contributed by atoms with E-state index in [1.807, 2.05) is 60.7 Å². The van der Waals surface area contributed by atoms with Crippen LogP contribution in [-0.4, -0.2) is 17.1 Å². The fourth-order valence-corrected chi connectivity index (χ4v) is 4.57. The third kappa shape index (κ3) is 3.21. The summed E-state index contributed by atoms with van der Waals surface area (Å²) in [6.07, 6.45) is 1.53. The highest BCUT2D eigenvalue weighted by molar-refractivity contribution is 6.10. The molecule has 1 aliphatic rings. The van der Waals surface area contributed by atoms with Gasteiger partial charge in [0.25, 0.3) is 5.91 Å². The number of benzene rings is 3. The van der Waals surface area contributed by atoms with Crippen molar-refractivity contribution in [3.8, 4) is 22.5 Å². The van der Waals surface area contributed by atoms with Gasteiger partial charge >= 0.3 is 6.09 Å². The Morgan fingerprint density at radius 3 is 2.22 bits per heavy atom. The Labute approximate surface area is 184 Å². The molecule has 32 heavy (non-hydrogen) atoms. The van der Waals surface area contributed by atoms with Gasteiger partial charge < -0.3 is 20.6 Å². The summed E-state index contributed by atoms with van der Waals surface area (Å²) in [5.74, 6) is 0.0952. The largest absolute Gasteiger partial charge is 0.465 e. The quantitative estimate of drug-likeness (QED) is 0.391. The maximum atomic E-state index is 12.0. The van der Waals surface area contributed by atoms with Crippen molar-refractivity contribution >= 4 is 23.0 Å². The highest BCUT2D eigenvalue weighted by Gasteiger charge is 2.40. The van der Waals surface area contributed by atoms with Crippen molar-refractivity contribution in [2.75, 3.05) is 0 Å². The standard InChI is InChI=1S/C26H22N2O4/c27-24(29)20-9-4-8-19-21(16-6-2-1-3-7-16)22(32-23(19)20)17-10-12-18(13-11-17)26(14-5-15-26)28-25(30)31/h1-4,6-13,28H,5,14-15H2,(H2,27,29)(H,30,31). The third-order valence-electron chi connectivity index (χ3n) is 6.30. The summed E-state index contributed by atoms with van der Waals surface area (Å²) in [6, 6.07) is 23.0. The molecule has 1 heterocycles. The molecule has 0 bridgehead atoms. The molecule has 4 aromatic rings. The Hall–Kier alpha value is -4.06. The summed E-state index contributed by atoms with van der Waals surface area (Å²) in [5.41, 5.74) is 9.49. The van der Waals surface area contributed by atoms with Gasteiger partial charge in [-0.1, -0.05) is 66.7 Å². The summed E-state index contributed by atoms with van der Waals surface area (Å²) in [4.78, 5) is 23.3. The molecular weight excluding hydrogens is 404 g/mol. The van der Waals surface area contributed by atoms with Crippen molar-refractivity contribution in [3.05, 3.63) is 83.9 Å². The van der Waals surface area contributed by atoms with E-state index in [2.05, 4.69) is 5.32 Å². The minimum absolute atomic E-state index is 0.335. The molecular formula is C26H22N2O4. The number of hydrogen-bond donors (Lipinski definition) is 3. The van der Waals surface area contributed by atoms with Crippen molar-refractivity contribution in [1.29, 1.82) is 0 Å². The second-order valence-corrected chi connectivity index (χ2v) is 8.16. The van der Waals surface area contributed by atoms with Gasteiger partial charge in [-0.3, -0.25) is 4.79 Å². The molecule has 4 N–H and O–H groups in total. The first-order valence-corrected chi connectivity index (χ1v) is 10.5. The number of carboxylic acid groups (broad SMARTS) is 1. The number of amides is 2.